The molecule has 0 spiro atoms. The largest absolute Gasteiger partial charge is 0.480 e. The van der Waals surface area contributed by atoms with Crippen LogP contribution in [0.3, 0.4) is 0 Å². The first-order chi connectivity index (χ1) is 4.74. The Balaban J connectivity index is 2.35. The summed E-state index contributed by atoms with van der Waals surface area (Å²) in [7, 11) is 0. The van der Waals surface area contributed by atoms with Gasteiger partial charge in [-0.2, -0.15) is 0 Å². The van der Waals surface area contributed by atoms with E-state index in [1.165, 1.54) is 0 Å². The van der Waals surface area contributed by atoms with Crippen molar-refractivity contribution >= 4 is 5.97 Å². The van der Waals surface area contributed by atoms with Crippen molar-refractivity contribution in [3.8, 4) is 0 Å². The monoisotopic (exact) mass is 146 g/mol. The van der Waals surface area contributed by atoms with E-state index in [0.29, 0.717) is 13.0 Å². The zero-order valence-electron chi connectivity index (χ0n) is 5.41. The molecule has 1 rings (SSSR count). The molecule has 0 amide bonds. The highest BCUT2D eigenvalue weighted by Crippen LogP contribution is 2.07. The molecule has 0 aromatic rings. The van der Waals surface area contributed by atoms with E-state index < -0.39 is 12.0 Å². The standard InChI is InChI=1S/C5H10N2O3/c6-10-3-1-4(5(8)9)7-2-3/h3-4,7H,1-2,6H2,(H,8,9)/t3?,4-/m0/s1. The van der Waals surface area contributed by atoms with Gasteiger partial charge in [0.15, 0.2) is 0 Å². The Morgan fingerprint density at radius 2 is 2.50 bits per heavy atom. The highest BCUT2D eigenvalue weighted by atomic mass is 16.6. The number of rotatable bonds is 2. The molecule has 1 heterocycles. The number of nitrogens with one attached hydrogen (secondary N) is 1. The van der Waals surface area contributed by atoms with Crippen LogP contribution < -0.4 is 11.2 Å². The molecule has 1 fully saturated rings. The fraction of sp³-hybridized carbons (Fsp3) is 0.800. The summed E-state index contributed by atoms with van der Waals surface area (Å²) in [5.41, 5.74) is 0. The van der Waals surface area contributed by atoms with E-state index in [2.05, 4.69) is 10.2 Å². The number of hydrogen-bond acceptors (Lipinski definition) is 4. The molecule has 0 saturated carbocycles. The second-order valence-electron chi connectivity index (χ2n) is 2.29. The van der Waals surface area contributed by atoms with Gasteiger partial charge in [0.1, 0.15) is 6.04 Å². The molecule has 0 aromatic heterocycles. The Bertz CT molecular complexity index is 139. The SMILES string of the molecule is NOC1CN[C@H](C(=O)O)C1. The van der Waals surface area contributed by atoms with Crippen molar-refractivity contribution in [3.63, 3.8) is 0 Å². The molecule has 1 saturated heterocycles. The van der Waals surface area contributed by atoms with Gasteiger partial charge in [0.25, 0.3) is 0 Å². The Kier molecular flexibility index (Phi) is 2.21. The van der Waals surface area contributed by atoms with E-state index in [1.54, 1.807) is 0 Å². The lowest BCUT2D eigenvalue weighted by atomic mass is 10.2. The summed E-state index contributed by atoms with van der Waals surface area (Å²) in [6, 6.07) is -0.492. The Hall–Kier alpha value is -0.650. The summed E-state index contributed by atoms with van der Waals surface area (Å²) in [6.45, 7) is 0.521. The highest BCUT2D eigenvalue weighted by Gasteiger charge is 2.29. The zero-order valence-corrected chi connectivity index (χ0v) is 5.41. The molecular formula is C5H10N2O3. The minimum Gasteiger partial charge on any atom is -0.480 e. The van der Waals surface area contributed by atoms with Gasteiger partial charge < -0.3 is 10.4 Å². The summed E-state index contributed by atoms with van der Waals surface area (Å²) in [5.74, 6) is 4.02. The smallest absolute Gasteiger partial charge is 0.320 e. The summed E-state index contributed by atoms with van der Waals surface area (Å²) in [5, 5.41) is 11.2. The highest BCUT2D eigenvalue weighted by molar-refractivity contribution is 5.73. The summed E-state index contributed by atoms with van der Waals surface area (Å²) in [4.78, 5) is 14.8. The van der Waals surface area contributed by atoms with Crippen LogP contribution in [-0.4, -0.2) is 29.8 Å². The minimum atomic E-state index is -0.848. The lowest BCUT2D eigenvalue weighted by Gasteiger charge is -2.02. The molecule has 10 heavy (non-hydrogen) atoms. The molecule has 5 heteroatoms. The lowest BCUT2D eigenvalue weighted by Crippen LogP contribution is -2.30. The topological polar surface area (TPSA) is 84.6 Å². The number of aliphatic carboxylic acids is 1. The second kappa shape index (κ2) is 2.96. The Morgan fingerprint density at radius 3 is 2.80 bits per heavy atom. The average Bonchev–Trinajstić information content (AvgIpc) is 2.34. The molecule has 1 aliphatic heterocycles. The van der Waals surface area contributed by atoms with Gasteiger partial charge in [-0.25, -0.2) is 5.90 Å². The van der Waals surface area contributed by atoms with Crippen molar-refractivity contribution < 1.29 is 14.7 Å². The third-order valence-corrected chi connectivity index (χ3v) is 1.58. The number of carboxylic acid groups (broad SMARTS) is 1. The maximum absolute atomic E-state index is 10.3. The van der Waals surface area contributed by atoms with Crippen LogP contribution in [0.25, 0.3) is 0 Å². The quantitative estimate of drug-likeness (QED) is 0.421. The van der Waals surface area contributed by atoms with Crippen molar-refractivity contribution in [2.45, 2.75) is 18.6 Å². The first-order valence-corrected chi connectivity index (χ1v) is 3.05. The van der Waals surface area contributed by atoms with E-state index in [4.69, 9.17) is 11.0 Å². The van der Waals surface area contributed by atoms with Gasteiger partial charge in [0, 0.05) is 13.0 Å². The van der Waals surface area contributed by atoms with Crippen molar-refractivity contribution in [3.05, 3.63) is 0 Å². The van der Waals surface area contributed by atoms with Gasteiger partial charge in [-0.1, -0.05) is 0 Å². The molecule has 0 bridgehead atoms. The van der Waals surface area contributed by atoms with E-state index in [1.807, 2.05) is 0 Å². The van der Waals surface area contributed by atoms with Crippen molar-refractivity contribution in [2.24, 2.45) is 5.90 Å². The van der Waals surface area contributed by atoms with Crippen LogP contribution in [0.4, 0.5) is 0 Å². The maximum atomic E-state index is 10.3. The summed E-state index contributed by atoms with van der Waals surface area (Å²) < 4.78 is 0. The van der Waals surface area contributed by atoms with Gasteiger partial charge in [-0.3, -0.25) is 9.63 Å². The molecule has 0 radical (unpaired) electrons. The van der Waals surface area contributed by atoms with Crippen LogP contribution in [0.5, 0.6) is 0 Å². The van der Waals surface area contributed by atoms with E-state index in [0.717, 1.165) is 0 Å². The van der Waals surface area contributed by atoms with Gasteiger partial charge in [0.2, 0.25) is 0 Å². The molecule has 5 nitrogen and oxygen atoms in total. The van der Waals surface area contributed by atoms with E-state index in [-0.39, 0.29) is 6.10 Å². The molecule has 58 valence electrons. The first kappa shape index (κ1) is 7.46. The number of carbonyl (C=O) groups is 1. The molecule has 2 atom stereocenters. The molecule has 0 aromatic carbocycles. The van der Waals surface area contributed by atoms with Crippen molar-refractivity contribution in [1.82, 2.24) is 5.32 Å². The van der Waals surface area contributed by atoms with Crippen molar-refractivity contribution in [2.75, 3.05) is 6.54 Å². The lowest BCUT2D eigenvalue weighted by molar-refractivity contribution is -0.139. The van der Waals surface area contributed by atoms with Crippen LogP contribution in [0.1, 0.15) is 6.42 Å². The third kappa shape index (κ3) is 1.44. The van der Waals surface area contributed by atoms with Gasteiger partial charge in [-0.15, -0.1) is 0 Å². The molecule has 0 aliphatic carbocycles. The normalized spacial score (nSPS) is 32.5. The second-order valence-corrected chi connectivity index (χ2v) is 2.29. The Labute approximate surface area is 58.1 Å². The van der Waals surface area contributed by atoms with Gasteiger partial charge in [-0.05, 0) is 0 Å². The number of hydrogen-bond donors (Lipinski definition) is 3. The van der Waals surface area contributed by atoms with E-state index >= 15 is 0 Å². The van der Waals surface area contributed by atoms with Crippen LogP contribution in [-0.2, 0) is 9.63 Å². The van der Waals surface area contributed by atoms with Crippen LogP contribution in [0.15, 0.2) is 0 Å². The van der Waals surface area contributed by atoms with Crippen molar-refractivity contribution in [1.29, 1.82) is 0 Å². The number of nitrogens with two attached hydrogens (primary N) is 1. The predicted octanol–water partition coefficient (Wildman–Crippen LogP) is -1.31. The zero-order chi connectivity index (χ0) is 7.56. The first-order valence-electron chi connectivity index (χ1n) is 3.05. The maximum Gasteiger partial charge on any atom is 0.320 e. The summed E-state index contributed by atoms with van der Waals surface area (Å²) >= 11 is 0. The average molecular weight is 146 g/mol. The third-order valence-electron chi connectivity index (χ3n) is 1.58. The molecule has 1 unspecified atom stereocenters. The molecule has 4 N–H and O–H groups in total. The van der Waals surface area contributed by atoms with Crippen LogP contribution in [0.2, 0.25) is 0 Å². The van der Waals surface area contributed by atoms with Gasteiger partial charge >= 0.3 is 5.97 Å². The van der Waals surface area contributed by atoms with Gasteiger partial charge in [0.05, 0.1) is 6.10 Å². The number of carboxylic acids is 1. The summed E-state index contributed by atoms with van der Waals surface area (Å²) in [6.07, 6.45) is 0.298. The Morgan fingerprint density at radius 1 is 1.80 bits per heavy atom. The van der Waals surface area contributed by atoms with Crippen LogP contribution in [0, 0.1) is 0 Å². The van der Waals surface area contributed by atoms with Crippen LogP contribution >= 0.6 is 0 Å². The van der Waals surface area contributed by atoms with E-state index in [9.17, 15) is 4.79 Å². The predicted molar refractivity (Wildman–Crippen MR) is 33.1 cm³/mol. The minimum absolute atomic E-state index is 0.152. The fourth-order valence-electron chi connectivity index (χ4n) is 0.995. The molecule has 1 aliphatic rings. The molecular weight excluding hydrogens is 136 g/mol. The fourth-order valence-corrected chi connectivity index (χ4v) is 0.995.